The van der Waals surface area contributed by atoms with Crippen molar-refractivity contribution in [1.29, 1.82) is 0 Å². The van der Waals surface area contributed by atoms with Crippen molar-refractivity contribution in [3.05, 3.63) is 27.0 Å². The van der Waals surface area contributed by atoms with Gasteiger partial charge in [-0.05, 0) is 46.4 Å². The Labute approximate surface area is 99.8 Å². The van der Waals surface area contributed by atoms with Crippen molar-refractivity contribution in [3.63, 3.8) is 0 Å². The average Bonchev–Trinajstić information content (AvgIpc) is 2.45. The van der Waals surface area contributed by atoms with Crippen LogP contribution in [0, 0.1) is 0 Å². The smallest absolute Gasteiger partial charge is 0.139 e. The number of hydrogen-bond donors (Lipinski definition) is 0. The third-order valence-electron chi connectivity index (χ3n) is 1.84. The summed E-state index contributed by atoms with van der Waals surface area (Å²) >= 11 is 11.2. The number of benzene rings is 1. The van der Waals surface area contributed by atoms with E-state index in [2.05, 4.69) is 22.0 Å². The zero-order valence-electron chi connectivity index (χ0n) is 7.51. The molecule has 0 unspecified atom stereocenters. The Hall–Kier alpha value is -0.250. The van der Waals surface area contributed by atoms with E-state index in [4.69, 9.17) is 16.3 Å². The van der Waals surface area contributed by atoms with Crippen molar-refractivity contribution < 1.29 is 4.74 Å². The van der Waals surface area contributed by atoms with Crippen molar-refractivity contribution >= 4 is 49.0 Å². The van der Waals surface area contributed by atoms with Crippen molar-refractivity contribution in [2.24, 2.45) is 0 Å². The van der Waals surface area contributed by atoms with Crippen molar-refractivity contribution in [1.82, 2.24) is 0 Å². The Balaban J connectivity index is 2.58. The first-order valence-electron chi connectivity index (χ1n) is 4.22. The first-order chi connectivity index (χ1) is 6.70. The van der Waals surface area contributed by atoms with Gasteiger partial charge in [0, 0.05) is 4.70 Å². The number of rotatable bonds is 2. The Morgan fingerprint density at radius 3 is 2.93 bits per heavy atom. The lowest BCUT2D eigenvalue weighted by Crippen LogP contribution is -1.91. The molecule has 14 heavy (non-hydrogen) atoms. The van der Waals surface area contributed by atoms with E-state index in [0.717, 1.165) is 14.9 Å². The van der Waals surface area contributed by atoms with Gasteiger partial charge in [0.2, 0.25) is 0 Å². The van der Waals surface area contributed by atoms with Crippen LogP contribution in [-0.2, 0) is 0 Å². The molecule has 0 aliphatic carbocycles. The minimum atomic E-state index is 0.637. The summed E-state index contributed by atoms with van der Waals surface area (Å²) in [5.74, 6) is 0.760. The minimum absolute atomic E-state index is 0.637. The van der Waals surface area contributed by atoms with E-state index in [9.17, 15) is 0 Å². The van der Waals surface area contributed by atoms with Crippen LogP contribution in [0.1, 0.15) is 6.92 Å². The van der Waals surface area contributed by atoms with Crippen LogP contribution in [-0.4, -0.2) is 6.61 Å². The van der Waals surface area contributed by atoms with Gasteiger partial charge in [0.05, 0.1) is 15.4 Å². The van der Waals surface area contributed by atoms with E-state index in [1.807, 2.05) is 19.1 Å². The van der Waals surface area contributed by atoms with Gasteiger partial charge in [0.1, 0.15) is 5.75 Å². The fourth-order valence-electron chi connectivity index (χ4n) is 1.27. The molecule has 1 nitrogen and oxygen atoms in total. The number of fused-ring (bicyclic) bond motifs is 1. The van der Waals surface area contributed by atoms with Crippen LogP contribution in [0.15, 0.2) is 22.0 Å². The van der Waals surface area contributed by atoms with Gasteiger partial charge < -0.3 is 4.74 Å². The monoisotopic (exact) mass is 290 g/mol. The van der Waals surface area contributed by atoms with Gasteiger partial charge in [-0.2, -0.15) is 0 Å². The van der Waals surface area contributed by atoms with Crippen LogP contribution < -0.4 is 4.74 Å². The van der Waals surface area contributed by atoms with Crippen LogP contribution in [0.4, 0.5) is 0 Å². The molecule has 74 valence electrons. The Morgan fingerprint density at radius 1 is 1.43 bits per heavy atom. The van der Waals surface area contributed by atoms with E-state index in [-0.39, 0.29) is 0 Å². The normalized spacial score (nSPS) is 10.8. The molecule has 0 saturated carbocycles. The predicted octanol–water partition coefficient (Wildman–Crippen LogP) is 4.72. The molecule has 0 radical (unpaired) electrons. The summed E-state index contributed by atoms with van der Waals surface area (Å²) in [7, 11) is 0. The summed E-state index contributed by atoms with van der Waals surface area (Å²) in [5, 5.41) is 1.82. The highest BCUT2D eigenvalue weighted by Crippen LogP contribution is 2.36. The van der Waals surface area contributed by atoms with E-state index in [1.165, 1.54) is 4.70 Å². The van der Waals surface area contributed by atoms with Crippen LogP contribution in [0.25, 0.3) is 10.1 Å². The molecule has 1 heterocycles. The molecule has 0 spiro atoms. The molecule has 0 aliphatic rings. The molecule has 0 bridgehead atoms. The average molecular weight is 292 g/mol. The van der Waals surface area contributed by atoms with Gasteiger partial charge in [-0.1, -0.05) is 11.6 Å². The Kier molecular flexibility index (Phi) is 3.00. The van der Waals surface area contributed by atoms with Crippen LogP contribution in [0.3, 0.4) is 0 Å². The van der Waals surface area contributed by atoms with Gasteiger partial charge in [-0.3, -0.25) is 0 Å². The second kappa shape index (κ2) is 4.09. The van der Waals surface area contributed by atoms with Gasteiger partial charge in [-0.15, -0.1) is 11.3 Å². The third-order valence-corrected chi connectivity index (χ3v) is 3.74. The molecule has 2 aromatic rings. The SMILES string of the molecule is CCOc1cc2sc(Br)cc2cc1Cl. The second-order valence-corrected chi connectivity index (χ2v) is 5.67. The molecule has 0 amide bonds. The molecule has 1 aromatic heterocycles. The fraction of sp³-hybridized carbons (Fsp3) is 0.200. The van der Waals surface area contributed by atoms with Crippen LogP contribution in [0.2, 0.25) is 5.02 Å². The molecular formula is C10H8BrClOS. The predicted molar refractivity (Wildman–Crippen MR) is 65.7 cm³/mol. The van der Waals surface area contributed by atoms with E-state index in [1.54, 1.807) is 11.3 Å². The molecule has 1 aromatic carbocycles. The van der Waals surface area contributed by atoms with Gasteiger partial charge >= 0.3 is 0 Å². The number of ether oxygens (including phenoxy) is 1. The largest absolute Gasteiger partial charge is 0.492 e. The summed E-state index contributed by atoms with van der Waals surface area (Å²) in [6.45, 7) is 2.59. The van der Waals surface area contributed by atoms with Crippen LogP contribution in [0.5, 0.6) is 5.75 Å². The molecule has 2 rings (SSSR count). The number of hydrogen-bond acceptors (Lipinski definition) is 2. The highest BCUT2D eigenvalue weighted by atomic mass is 79.9. The minimum Gasteiger partial charge on any atom is -0.492 e. The Morgan fingerprint density at radius 2 is 2.21 bits per heavy atom. The van der Waals surface area contributed by atoms with Crippen LogP contribution >= 0.6 is 38.9 Å². The molecular weight excluding hydrogens is 284 g/mol. The van der Waals surface area contributed by atoms with Crippen molar-refractivity contribution in [2.75, 3.05) is 6.61 Å². The first-order valence-corrected chi connectivity index (χ1v) is 6.21. The Bertz CT molecular complexity index is 466. The van der Waals surface area contributed by atoms with E-state index in [0.29, 0.717) is 11.6 Å². The summed E-state index contributed by atoms with van der Waals surface area (Å²) in [5.41, 5.74) is 0. The maximum absolute atomic E-state index is 6.06. The van der Waals surface area contributed by atoms with Gasteiger partial charge in [0.25, 0.3) is 0 Å². The summed E-state index contributed by atoms with van der Waals surface area (Å²) in [6.07, 6.45) is 0. The summed E-state index contributed by atoms with van der Waals surface area (Å²) in [4.78, 5) is 0. The summed E-state index contributed by atoms with van der Waals surface area (Å²) < 4.78 is 7.71. The lowest BCUT2D eigenvalue weighted by molar-refractivity contribution is 0.341. The van der Waals surface area contributed by atoms with Crippen molar-refractivity contribution in [3.8, 4) is 5.75 Å². The van der Waals surface area contributed by atoms with E-state index >= 15 is 0 Å². The lowest BCUT2D eigenvalue weighted by atomic mass is 10.2. The van der Waals surface area contributed by atoms with Gasteiger partial charge in [0.15, 0.2) is 0 Å². The molecule has 0 saturated heterocycles. The zero-order chi connectivity index (χ0) is 10.1. The first kappa shape index (κ1) is 10.3. The topological polar surface area (TPSA) is 9.23 Å². The molecule has 0 fully saturated rings. The highest BCUT2D eigenvalue weighted by molar-refractivity contribution is 9.11. The second-order valence-electron chi connectivity index (χ2n) is 2.80. The fourth-order valence-corrected chi connectivity index (χ4v) is 3.07. The molecule has 4 heteroatoms. The standard InChI is InChI=1S/C10H8BrClOS/c1-2-13-8-5-9-6(3-7(8)12)4-10(11)14-9/h3-5H,2H2,1H3. The maximum Gasteiger partial charge on any atom is 0.139 e. The quantitative estimate of drug-likeness (QED) is 0.778. The van der Waals surface area contributed by atoms with Gasteiger partial charge in [-0.25, -0.2) is 0 Å². The number of thiophene rings is 1. The number of halogens is 2. The zero-order valence-corrected chi connectivity index (χ0v) is 10.7. The third kappa shape index (κ3) is 1.90. The molecule has 0 N–H and O–H groups in total. The molecule has 0 atom stereocenters. The lowest BCUT2D eigenvalue weighted by Gasteiger charge is -2.04. The highest BCUT2D eigenvalue weighted by Gasteiger charge is 2.06. The maximum atomic E-state index is 6.06. The summed E-state index contributed by atoms with van der Waals surface area (Å²) in [6, 6.07) is 5.97. The van der Waals surface area contributed by atoms with Crippen molar-refractivity contribution in [2.45, 2.75) is 6.92 Å². The molecule has 0 aliphatic heterocycles. The van der Waals surface area contributed by atoms with E-state index < -0.39 is 0 Å².